The maximum Gasteiger partial charge on any atom is 0.256 e. The molecule has 5 heteroatoms. The van der Waals surface area contributed by atoms with Crippen molar-refractivity contribution in [1.82, 2.24) is 4.98 Å². The quantitative estimate of drug-likeness (QED) is 0.811. The van der Waals surface area contributed by atoms with Crippen LogP contribution in [0.3, 0.4) is 0 Å². The zero-order valence-electron chi connectivity index (χ0n) is 9.00. The van der Waals surface area contributed by atoms with Gasteiger partial charge in [-0.05, 0) is 18.6 Å². The molecule has 2 atom stereocenters. The summed E-state index contributed by atoms with van der Waals surface area (Å²) in [5, 5.41) is 0.656. The van der Waals surface area contributed by atoms with E-state index < -0.39 is 0 Å². The molecular formula is C11H14N2O2S. The molecule has 0 radical (unpaired) electrons. The summed E-state index contributed by atoms with van der Waals surface area (Å²) in [6.45, 7) is 2.05. The van der Waals surface area contributed by atoms with Crippen molar-refractivity contribution in [1.29, 1.82) is 0 Å². The van der Waals surface area contributed by atoms with Crippen LogP contribution in [0.15, 0.2) is 44.9 Å². The van der Waals surface area contributed by atoms with Gasteiger partial charge in [-0.2, -0.15) is 0 Å². The number of thioether (sulfide) groups is 1. The average molecular weight is 238 g/mol. The topological polar surface area (TPSA) is 65.2 Å². The van der Waals surface area contributed by atoms with Gasteiger partial charge in [0.25, 0.3) is 5.22 Å². The van der Waals surface area contributed by atoms with Crippen molar-refractivity contribution in [2.45, 2.75) is 29.9 Å². The Bertz CT molecular complexity index is 400. The molecular weight excluding hydrogens is 224 g/mol. The number of nitrogens with two attached hydrogens (primary N) is 1. The fourth-order valence-electron chi connectivity index (χ4n) is 1.40. The van der Waals surface area contributed by atoms with Crippen molar-refractivity contribution in [2.75, 3.05) is 0 Å². The van der Waals surface area contributed by atoms with Crippen LogP contribution in [0, 0.1) is 0 Å². The van der Waals surface area contributed by atoms with E-state index in [1.54, 1.807) is 18.7 Å². The first-order valence-corrected chi connectivity index (χ1v) is 6.04. The fraction of sp³-hybridized carbons (Fsp3) is 0.364. The predicted octanol–water partition coefficient (Wildman–Crippen LogP) is 2.84. The van der Waals surface area contributed by atoms with Crippen molar-refractivity contribution < 1.29 is 8.83 Å². The minimum Gasteiger partial charge on any atom is -0.468 e. The van der Waals surface area contributed by atoms with Gasteiger partial charge < -0.3 is 14.6 Å². The average Bonchev–Trinajstić information content (AvgIpc) is 2.97. The lowest BCUT2D eigenvalue weighted by Crippen LogP contribution is -2.25. The molecule has 16 heavy (non-hydrogen) atoms. The van der Waals surface area contributed by atoms with Gasteiger partial charge in [0, 0.05) is 6.04 Å². The van der Waals surface area contributed by atoms with Gasteiger partial charge in [-0.25, -0.2) is 4.98 Å². The molecule has 2 aromatic rings. The minimum absolute atomic E-state index is 0.0167. The van der Waals surface area contributed by atoms with Crippen molar-refractivity contribution in [3.8, 4) is 0 Å². The van der Waals surface area contributed by atoms with Crippen molar-refractivity contribution in [3.63, 3.8) is 0 Å². The maximum absolute atomic E-state index is 6.07. The van der Waals surface area contributed by atoms with Crippen LogP contribution in [-0.4, -0.2) is 11.0 Å². The van der Waals surface area contributed by atoms with Crippen molar-refractivity contribution in [3.05, 3.63) is 36.6 Å². The molecule has 0 amide bonds. The van der Waals surface area contributed by atoms with Crippen LogP contribution >= 0.6 is 11.8 Å². The smallest absolute Gasteiger partial charge is 0.256 e. The summed E-state index contributed by atoms with van der Waals surface area (Å²) in [5.41, 5.74) is 6.07. The second-order valence-corrected chi connectivity index (χ2v) is 4.52. The Balaban J connectivity index is 2.15. The van der Waals surface area contributed by atoms with Gasteiger partial charge in [-0.1, -0.05) is 18.7 Å². The highest BCUT2D eigenvalue weighted by molar-refractivity contribution is 7.99. The van der Waals surface area contributed by atoms with E-state index in [1.165, 1.54) is 11.8 Å². The van der Waals surface area contributed by atoms with Gasteiger partial charge in [0.1, 0.15) is 12.0 Å². The third-order valence-electron chi connectivity index (χ3n) is 2.32. The van der Waals surface area contributed by atoms with Crippen LogP contribution in [0.4, 0.5) is 0 Å². The summed E-state index contributed by atoms with van der Waals surface area (Å²) in [6, 6.07) is 3.81. The highest BCUT2D eigenvalue weighted by Crippen LogP contribution is 2.37. The number of furan rings is 1. The molecule has 0 fully saturated rings. The van der Waals surface area contributed by atoms with Crippen LogP contribution in [0.1, 0.15) is 24.4 Å². The first-order valence-electron chi connectivity index (χ1n) is 5.16. The van der Waals surface area contributed by atoms with Gasteiger partial charge in [0.05, 0.1) is 17.7 Å². The van der Waals surface area contributed by atoms with Crippen LogP contribution < -0.4 is 5.73 Å². The molecule has 86 valence electrons. The SMILES string of the molecule is CCC(N)C(Sc1ncco1)c1ccco1. The van der Waals surface area contributed by atoms with E-state index >= 15 is 0 Å². The molecule has 4 nitrogen and oxygen atoms in total. The predicted molar refractivity (Wildman–Crippen MR) is 62.1 cm³/mol. The fourth-order valence-corrected chi connectivity index (χ4v) is 2.47. The molecule has 0 bridgehead atoms. The molecule has 0 saturated carbocycles. The van der Waals surface area contributed by atoms with E-state index in [0.717, 1.165) is 12.2 Å². The minimum atomic E-state index is 0.0167. The third kappa shape index (κ3) is 2.48. The molecule has 0 aromatic carbocycles. The Morgan fingerprint density at radius 1 is 1.44 bits per heavy atom. The van der Waals surface area contributed by atoms with E-state index in [4.69, 9.17) is 14.6 Å². The highest BCUT2D eigenvalue weighted by Gasteiger charge is 2.24. The lowest BCUT2D eigenvalue weighted by atomic mass is 10.1. The summed E-state index contributed by atoms with van der Waals surface area (Å²) in [7, 11) is 0. The third-order valence-corrected chi connectivity index (χ3v) is 3.56. The summed E-state index contributed by atoms with van der Waals surface area (Å²) in [5.74, 6) is 0.859. The normalized spacial score (nSPS) is 14.9. The highest BCUT2D eigenvalue weighted by atomic mass is 32.2. The Hall–Kier alpha value is -1.20. The van der Waals surface area contributed by atoms with Gasteiger partial charge in [-0.3, -0.25) is 0 Å². The number of nitrogens with zero attached hydrogens (tertiary/aromatic N) is 1. The molecule has 2 aromatic heterocycles. The Morgan fingerprint density at radius 2 is 2.31 bits per heavy atom. The van der Waals surface area contributed by atoms with E-state index in [2.05, 4.69) is 11.9 Å². The Labute approximate surface area is 98.2 Å². The lowest BCUT2D eigenvalue weighted by molar-refractivity contribution is 0.443. The van der Waals surface area contributed by atoms with Crippen molar-refractivity contribution in [2.24, 2.45) is 5.73 Å². The van der Waals surface area contributed by atoms with Gasteiger partial charge in [-0.15, -0.1) is 0 Å². The molecule has 0 aliphatic rings. The molecule has 0 aliphatic heterocycles. The number of aromatic nitrogens is 1. The summed E-state index contributed by atoms with van der Waals surface area (Å²) >= 11 is 1.49. The molecule has 2 heterocycles. The second kappa shape index (κ2) is 5.23. The van der Waals surface area contributed by atoms with E-state index in [9.17, 15) is 0 Å². The Morgan fingerprint density at radius 3 is 2.88 bits per heavy atom. The molecule has 2 rings (SSSR count). The summed E-state index contributed by atoms with van der Waals surface area (Å²) < 4.78 is 10.6. The number of rotatable bonds is 5. The van der Waals surface area contributed by atoms with Crippen molar-refractivity contribution >= 4 is 11.8 Å². The molecule has 0 spiro atoms. The number of oxazole rings is 1. The number of hydrogen-bond donors (Lipinski definition) is 1. The molecule has 2 unspecified atom stereocenters. The van der Waals surface area contributed by atoms with E-state index in [-0.39, 0.29) is 11.3 Å². The second-order valence-electron chi connectivity index (χ2n) is 3.42. The number of hydrogen-bond acceptors (Lipinski definition) is 5. The van der Waals surface area contributed by atoms with Gasteiger partial charge >= 0.3 is 0 Å². The van der Waals surface area contributed by atoms with Gasteiger partial charge in [0.15, 0.2) is 0 Å². The zero-order valence-corrected chi connectivity index (χ0v) is 9.81. The maximum atomic E-state index is 6.07. The monoisotopic (exact) mass is 238 g/mol. The summed E-state index contributed by atoms with van der Waals surface area (Å²) in [6.07, 6.45) is 5.71. The first kappa shape index (κ1) is 11.3. The standard InChI is InChI=1S/C11H14N2O2S/c1-2-8(12)10(9-4-3-6-14-9)16-11-13-5-7-15-11/h3-8,10H,2,12H2,1H3. The van der Waals surface area contributed by atoms with Crippen LogP contribution in [0.25, 0.3) is 0 Å². The first-order chi connectivity index (χ1) is 7.81. The largest absolute Gasteiger partial charge is 0.468 e. The summed E-state index contributed by atoms with van der Waals surface area (Å²) in [4.78, 5) is 4.08. The zero-order chi connectivity index (χ0) is 11.4. The van der Waals surface area contributed by atoms with E-state index in [1.807, 2.05) is 12.1 Å². The molecule has 0 aliphatic carbocycles. The Kier molecular flexibility index (Phi) is 3.69. The van der Waals surface area contributed by atoms with E-state index in [0.29, 0.717) is 5.22 Å². The molecule has 2 N–H and O–H groups in total. The van der Waals surface area contributed by atoms with Crippen LogP contribution in [0.5, 0.6) is 0 Å². The molecule has 0 saturated heterocycles. The van der Waals surface area contributed by atoms with Crippen LogP contribution in [0.2, 0.25) is 0 Å². The van der Waals surface area contributed by atoms with Gasteiger partial charge in [0.2, 0.25) is 0 Å². The van der Waals surface area contributed by atoms with Crippen LogP contribution in [-0.2, 0) is 0 Å². The lowest BCUT2D eigenvalue weighted by Gasteiger charge is -2.18.